The molecule has 0 N–H and O–H groups in total. The topological polar surface area (TPSA) is 43.4 Å². The van der Waals surface area contributed by atoms with E-state index in [1.165, 1.54) is 13.0 Å². The Morgan fingerprint density at radius 1 is 1.40 bits per heavy atom. The number of ketones is 1. The lowest BCUT2D eigenvalue weighted by Gasteiger charge is -2.03. The number of carbonyl (C=O) groups is 2. The standard InChI is InChI=1S/C12H18O3/c1-4-6-7-8-11(5-2)15-12(14)9-10(3)13/h5,8H,2,4,6-7,9H2,1,3H3. The van der Waals surface area contributed by atoms with E-state index < -0.39 is 5.97 Å². The minimum absolute atomic E-state index is 0.182. The first-order chi connectivity index (χ1) is 7.10. The van der Waals surface area contributed by atoms with Gasteiger partial charge in [0, 0.05) is 0 Å². The minimum atomic E-state index is -0.523. The van der Waals surface area contributed by atoms with Crippen molar-refractivity contribution in [2.45, 2.75) is 39.5 Å². The molecule has 3 nitrogen and oxygen atoms in total. The van der Waals surface area contributed by atoms with Gasteiger partial charge in [-0.05, 0) is 31.9 Å². The third-order valence-corrected chi connectivity index (χ3v) is 1.73. The SMILES string of the molecule is C=CC(=CCCCC)OC(=O)CC(C)=O. The Kier molecular flexibility index (Phi) is 7.24. The summed E-state index contributed by atoms with van der Waals surface area (Å²) < 4.78 is 4.94. The van der Waals surface area contributed by atoms with Gasteiger partial charge in [-0.1, -0.05) is 19.9 Å². The summed E-state index contributed by atoms with van der Waals surface area (Å²) in [6, 6.07) is 0. The number of esters is 1. The number of allylic oxidation sites excluding steroid dienone is 2. The lowest BCUT2D eigenvalue weighted by Crippen LogP contribution is -2.07. The van der Waals surface area contributed by atoms with Crippen LogP contribution in [0.5, 0.6) is 0 Å². The second-order valence-corrected chi connectivity index (χ2v) is 3.31. The van der Waals surface area contributed by atoms with Crippen molar-refractivity contribution in [1.82, 2.24) is 0 Å². The number of hydrogen-bond donors (Lipinski definition) is 0. The average Bonchev–Trinajstić information content (AvgIpc) is 2.15. The molecule has 0 aromatic heterocycles. The van der Waals surface area contributed by atoms with Crippen LogP contribution in [-0.2, 0) is 14.3 Å². The molecule has 0 saturated carbocycles. The van der Waals surface area contributed by atoms with Crippen LogP contribution in [0.15, 0.2) is 24.5 Å². The summed E-state index contributed by atoms with van der Waals surface area (Å²) in [6.45, 7) is 6.98. The van der Waals surface area contributed by atoms with Gasteiger partial charge in [0.05, 0.1) is 0 Å². The zero-order valence-electron chi connectivity index (χ0n) is 9.41. The molecule has 0 amide bonds. The van der Waals surface area contributed by atoms with Crippen molar-refractivity contribution in [3.8, 4) is 0 Å². The van der Waals surface area contributed by atoms with Crippen LogP contribution in [0, 0.1) is 0 Å². The Labute approximate surface area is 90.8 Å². The van der Waals surface area contributed by atoms with Crippen molar-refractivity contribution in [3.63, 3.8) is 0 Å². The van der Waals surface area contributed by atoms with E-state index in [0.29, 0.717) is 5.76 Å². The number of Topliss-reactive ketones (excluding diaryl/α,β-unsaturated/α-hetero) is 1. The summed E-state index contributed by atoms with van der Waals surface area (Å²) in [7, 11) is 0. The van der Waals surface area contributed by atoms with Crippen molar-refractivity contribution in [2.75, 3.05) is 0 Å². The van der Waals surface area contributed by atoms with E-state index in [-0.39, 0.29) is 12.2 Å². The Balaban J connectivity index is 4.08. The maximum Gasteiger partial charge on any atom is 0.318 e. The van der Waals surface area contributed by atoms with E-state index in [0.717, 1.165) is 19.3 Å². The van der Waals surface area contributed by atoms with Gasteiger partial charge in [0.2, 0.25) is 0 Å². The number of ether oxygens (including phenoxy) is 1. The summed E-state index contributed by atoms with van der Waals surface area (Å²) in [5, 5.41) is 0. The van der Waals surface area contributed by atoms with Crippen molar-refractivity contribution >= 4 is 11.8 Å². The Hall–Kier alpha value is -1.38. The van der Waals surface area contributed by atoms with Crippen LogP contribution < -0.4 is 0 Å². The molecule has 0 heterocycles. The molecule has 0 saturated heterocycles. The van der Waals surface area contributed by atoms with Crippen molar-refractivity contribution in [2.24, 2.45) is 0 Å². The Morgan fingerprint density at radius 3 is 2.53 bits per heavy atom. The maximum atomic E-state index is 11.1. The van der Waals surface area contributed by atoms with Crippen molar-refractivity contribution < 1.29 is 14.3 Å². The van der Waals surface area contributed by atoms with Gasteiger partial charge in [-0.2, -0.15) is 0 Å². The molecule has 0 aromatic carbocycles. The summed E-state index contributed by atoms with van der Waals surface area (Å²) in [6.07, 6.45) is 6.09. The van der Waals surface area contributed by atoms with Gasteiger partial charge < -0.3 is 4.74 Å². The molecule has 0 fully saturated rings. The van der Waals surface area contributed by atoms with Gasteiger partial charge in [-0.15, -0.1) is 0 Å². The van der Waals surface area contributed by atoms with E-state index in [4.69, 9.17) is 4.74 Å². The normalized spacial score (nSPS) is 10.9. The number of carbonyl (C=O) groups excluding carboxylic acids is 2. The van der Waals surface area contributed by atoms with Crippen LogP contribution in [-0.4, -0.2) is 11.8 Å². The fourth-order valence-corrected chi connectivity index (χ4v) is 0.986. The highest BCUT2D eigenvalue weighted by Gasteiger charge is 2.07. The summed E-state index contributed by atoms with van der Waals surface area (Å²) >= 11 is 0. The molecule has 0 aliphatic heterocycles. The molecule has 0 unspecified atom stereocenters. The largest absolute Gasteiger partial charge is 0.427 e. The summed E-state index contributed by atoms with van der Waals surface area (Å²) in [5.41, 5.74) is 0. The highest BCUT2D eigenvalue weighted by molar-refractivity contribution is 5.94. The van der Waals surface area contributed by atoms with Crippen LogP contribution in [0.4, 0.5) is 0 Å². The number of rotatable bonds is 7. The maximum absolute atomic E-state index is 11.1. The van der Waals surface area contributed by atoms with Gasteiger partial charge in [0.1, 0.15) is 18.0 Å². The third-order valence-electron chi connectivity index (χ3n) is 1.73. The Bertz CT molecular complexity index is 264. The molecule has 0 aliphatic carbocycles. The predicted octanol–water partition coefficient (Wildman–Crippen LogP) is 2.77. The van der Waals surface area contributed by atoms with Crippen LogP contribution in [0.25, 0.3) is 0 Å². The Morgan fingerprint density at radius 2 is 2.07 bits per heavy atom. The fourth-order valence-electron chi connectivity index (χ4n) is 0.986. The first kappa shape index (κ1) is 13.6. The first-order valence-electron chi connectivity index (χ1n) is 5.12. The lowest BCUT2D eigenvalue weighted by atomic mass is 10.2. The lowest BCUT2D eigenvalue weighted by molar-refractivity contribution is -0.141. The van der Waals surface area contributed by atoms with Crippen LogP contribution >= 0.6 is 0 Å². The van der Waals surface area contributed by atoms with Crippen molar-refractivity contribution in [1.29, 1.82) is 0 Å². The van der Waals surface area contributed by atoms with Gasteiger partial charge >= 0.3 is 5.97 Å². The van der Waals surface area contributed by atoms with Gasteiger partial charge in [-0.25, -0.2) is 0 Å². The monoisotopic (exact) mass is 210 g/mol. The van der Waals surface area contributed by atoms with E-state index in [1.54, 1.807) is 0 Å². The van der Waals surface area contributed by atoms with Crippen LogP contribution in [0.2, 0.25) is 0 Å². The summed E-state index contributed by atoms with van der Waals surface area (Å²) in [5.74, 6) is -0.281. The van der Waals surface area contributed by atoms with E-state index in [2.05, 4.69) is 13.5 Å². The fraction of sp³-hybridized carbons (Fsp3) is 0.500. The molecule has 84 valence electrons. The van der Waals surface area contributed by atoms with E-state index in [9.17, 15) is 9.59 Å². The molecule has 0 atom stereocenters. The molecule has 0 aliphatic rings. The predicted molar refractivity (Wildman–Crippen MR) is 59.2 cm³/mol. The van der Waals surface area contributed by atoms with Crippen molar-refractivity contribution in [3.05, 3.63) is 24.5 Å². The van der Waals surface area contributed by atoms with E-state index in [1.807, 2.05) is 6.08 Å². The quantitative estimate of drug-likeness (QED) is 0.213. The molecule has 0 rings (SSSR count). The van der Waals surface area contributed by atoms with E-state index >= 15 is 0 Å². The molecular weight excluding hydrogens is 192 g/mol. The summed E-state index contributed by atoms with van der Waals surface area (Å²) in [4.78, 5) is 21.8. The van der Waals surface area contributed by atoms with Gasteiger partial charge in [0.15, 0.2) is 0 Å². The second-order valence-electron chi connectivity index (χ2n) is 3.31. The molecule has 15 heavy (non-hydrogen) atoms. The highest BCUT2D eigenvalue weighted by Crippen LogP contribution is 2.05. The van der Waals surface area contributed by atoms with Gasteiger partial charge in [-0.3, -0.25) is 9.59 Å². The molecular formula is C12H18O3. The molecule has 3 heteroatoms. The first-order valence-corrected chi connectivity index (χ1v) is 5.12. The zero-order valence-corrected chi connectivity index (χ0v) is 9.41. The average molecular weight is 210 g/mol. The number of hydrogen-bond acceptors (Lipinski definition) is 3. The zero-order chi connectivity index (χ0) is 11.7. The number of unbranched alkanes of at least 4 members (excludes halogenated alkanes) is 2. The molecule has 0 aromatic rings. The van der Waals surface area contributed by atoms with Crippen LogP contribution in [0.3, 0.4) is 0 Å². The second kappa shape index (κ2) is 7.97. The van der Waals surface area contributed by atoms with Gasteiger partial charge in [0.25, 0.3) is 0 Å². The highest BCUT2D eigenvalue weighted by atomic mass is 16.5. The molecule has 0 radical (unpaired) electrons. The minimum Gasteiger partial charge on any atom is -0.427 e. The smallest absolute Gasteiger partial charge is 0.318 e. The third kappa shape index (κ3) is 7.67. The molecule has 0 bridgehead atoms. The van der Waals surface area contributed by atoms with Crippen LogP contribution in [0.1, 0.15) is 39.5 Å². The molecule has 0 spiro atoms.